The van der Waals surface area contributed by atoms with E-state index in [1.165, 1.54) is 0 Å². The highest BCUT2D eigenvalue weighted by Crippen LogP contribution is 2.21. The minimum atomic E-state index is -1.07. The lowest BCUT2D eigenvalue weighted by atomic mass is 10.1. The number of para-hydroxylation sites is 1. The van der Waals surface area contributed by atoms with Crippen molar-refractivity contribution >= 4 is 17.8 Å². The van der Waals surface area contributed by atoms with Crippen molar-refractivity contribution in [2.75, 3.05) is 39.5 Å². The van der Waals surface area contributed by atoms with Gasteiger partial charge in [-0.05, 0) is 12.1 Å². The monoisotopic (exact) mass is 412 g/mol. The molecule has 1 heterocycles. The van der Waals surface area contributed by atoms with Crippen molar-refractivity contribution in [1.29, 1.82) is 0 Å². The average Bonchev–Trinajstić information content (AvgIpc) is 2.81. The van der Waals surface area contributed by atoms with Crippen LogP contribution in [0.5, 0.6) is 5.75 Å². The van der Waals surface area contributed by atoms with E-state index in [1.54, 1.807) is 53.4 Å². The molecule has 0 aliphatic carbocycles. The van der Waals surface area contributed by atoms with Gasteiger partial charge in [0.2, 0.25) is 6.10 Å². The van der Waals surface area contributed by atoms with Crippen LogP contribution in [0.4, 0.5) is 0 Å². The maximum absolute atomic E-state index is 12.9. The van der Waals surface area contributed by atoms with Gasteiger partial charge in [0.15, 0.2) is 6.61 Å². The molecule has 0 aromatic heterocycles. The molecule has 0 spiro atoms. The number of carbonyl (C=O) groups is 3. The van der Waals surface area contributed by atoms with Gasteiger partial charge in [-0.1, -0.05) is 48.5 Å². The van der Waals surface area contributed by atoms with Crippen molar-refractivity contribution in [2.45, 2.75) is 6.10 Å². The normalized spacial score (nSPS) is 14.5. The second kappa shape index (κ2) is 11.0. The fourth-order valence-corrected chi connectivity index (χ4v) is 2.90. The van der Waals surface area contributed by atoms with Gasteiger partial charge in [0.25, 0.3) is 11.8 Å². The number of esters is 1. The molecule has 8 heteroatoms. The lowest BCUT2D eigenvalue weighted by Gasteiger charge is -2.30. The summed E-state index contributed by atoms with van der Waals surface area (Å²) in [5, 5.41) is 2.44. The van der Waals surface area contributed by atoms with E-state index >= 15 is 0 Å². The van der Waals surface area contributed by atoms with Gasteiger partial charge >= 0.3 is 5.97 Å². The number of hydrogen-bond acceptors (Lipinski definition) is 6. The van der Waals surface area contributed by atoms with E-state index in [1.807, 2.05) is 12.1 Å². The predicted octanol–water partition coefficient (Wildman–Crippen LogP) is 1.32. The number of ether oxygens (including phenoxy) is 3. The molecule has 0 unspecified atom stereocenters. The minimum Gasteiger partial charge on any atom is -0.484 e. The molecule has 3 rings (SSSR count). The molecule has 1 N–H and O–H groups in total. The molecule has 2 amide bonds. The van der Waals surface area contributed by atoms with Crippen LogP contribution in [0.25, 0.3) is 0 Å². The van der Waals surface area contributed by atoms with Gasteiger partial charge in [0.1, 0.15) is 12.3 Å². The van der Waals surface area contributed by atoms with E-state index in [-0.39, 0.29) is 19.1 Å². The van der Waals surface area contributed by atoms with Crippen LogP contribution < -0.4 is 10.1 Å². The standard InChI is InChI=1S/C22H24N2O6/c25-19(16-29-18-9-5-2-6-10-18)23-15-20(26)30-21(17-7-3-1-4-8-17)22(27)24-11-13-28-14-12-24/h1-10,21H,11-16H2,(H,23,25)/t21-/m0/s1. The molecule has 2 aromatic carbocycles. The van der Waals surface area contributed by atoms with Crippen molar-refractivity contribution in [2.24, 2.45) is 0 Å². The third-order valence-corrected chi connectivity index (χ3v) is 4.44. The van der Waals surface area contributed by atoms with E-state index in [2.05, 4.69) is 5.32 Å². The Morgan fingerprint density at radius 1 is 0.967 bits per heavy atom. The van der Waals surface area contributed by atoms with Gasteiger partial charge in [-0.15, -0.1) is 0 Å². The number of amides is 2. The predicted molar refractivity (Wildman–Crippen MR) is 108 cm³/mol. The Balaban J connectivity index is 1.53. The molecular formula is C22H24N2O6. The summed E-state index contributed by atoms with van der Waals surface area (Å²) >= 11 is 0. The molecule has 1 fully saturated rings. The number of nitrogens with zero attached hydrogens (tertiary/aromatic N) is 1. The van der Waals surface area contributed by atoms with E-state index in [0.29, 0.717) is 37.6 Å². The first-order valence-electron chi connectivity index (χ1n) is 9.69. The first kappa shape index (κ1) is 21.3. The maximum Gasteiger partial charge on any atom is 0.326 e. The van der Waals surface area contributed by atoms with Gasteiger partial charge in [-0.3, -0.25) is 14.4 Å². The largest absolute Gasteiger partial charge is 0.484 e. The Bertz CT molecular complexity index is 837. The maximum atomic E-state index is 12.9. The number of benzene rings is 2. The summed E-state index contributed by atoms with van der Waals surface area (Å²) in [6, 6.07) is 17.7. The van der Waals surface area contributed by atoms with E-state index in [0.717, 1.165) is 0 Å². The Hall–Kier alpha value is -3.39. The zero-order valence-corrected chi connectivity index (χ0v) is 16.5. The first-order valence-corrected chi connectivity index (χ1v) is 9.69. The lowest BCUT2D eigenvalue weighted by molar-refractivity contribution is -0.162. The molecule has 2 aromatic rings. The molecular weight excluding hydrogens is 388 g/mol. The van der Waals surface area contributed by atoms with Crippen molar-refractivity contribution < 1.29 is 28.6 Å². The summed E-state index contributed by atoms with van der Waals surface area (Å²) < 4.78 is 16.0. The van der Waals surface area contributed by atoms with Crippen molar-refractivity contribution in [3.63, 3.8) is 0 Å². The van der Waals surface area contributed by atoms with Crippen molar-refractivity contribution in [3.05, 3.63) is 66.2 Å². The number of rotatable bonds is 8. The van der Waals surface area contributed by atoms with Gasteiger partial charge < -0.3 is 24.4 Å². The highest BCUT2D eigenvalue weighted by molar-refractivity contribution is 5.87. The van der Waals surface area contributed by atoms with E-state index in [4.69, 9.17) is 14.2 Å². The molecule has 158 valence electrons. The van der Waals surface area contributed by atoms with Crippen LogP contribution >= 0.6 is 0 Å². The zero-order chi connectivity index (χ0) is 21.2. The lowest BCUT2D eigenvalue weighted by Crippen LogP contribution is -2.44. The van der Waals surface area contributed by atoms with Gasteiger partial charge in [0.05, 0.1) is 13.2 Å². The van der Waals surface area contributed by atoms with Gasteiger partial charge in [-0.25, -0.2) is 0 Å². The van der Waals surface area contributed by atoms with Crippen LogP contribution in [0.15, 0.2) is 60.7 Å². The molecule has 0 saturated carbocycles. The summed E-state index contributed by atoms with van der Waals surface area (Å²) in [6.45, 7) is 1.17. The van der Waals surface area contributed by atoms with Crippen LogP contribution in [-0.4, -0.2) is 62.1 Å². The fraction of sp³-hybridized carbons (Fsp3) is 0.318. The molecule has 1 saturated heterocycles. The third-order valence-electron chi connectivity index (χ3n) is 4.44. The van der Waals surface area contributed by atoms with E-state index < -0.39 is 18.0 Å². The Kier molecular flexibility index (Phi) is 7.79. The number of morpholine rings is 1. The molecule has 1 aliphatic rings. The van der Waals surface area contributed by atoms with Crippen molar-refractivity contribution in [3.8, 4) is 5.75 Å². The highest BCUT2D eigenvalue weighted by atomic mass is 16.5. The van der Waals surface area contributed by atoms with Crippen LogP contribution in [0.3, 0.4) is 0 Å². The fourth-order valence-electron chi connectivity index (χ4n) is 2.90. The second-order valence-electron chi connectivity index (χ2n) is 6.60. The molecule has 1 atom stereocenters. The smallest absolute Gasteiger partial charge is 0.326 e. The second-order valence-corrected chi connectivity index (χ2v) is 6.60. The number of hydrogen-bond donors (Lipinski definition) is 1. The third kappa shape index (κ3) is 6.31. The Labute approximate surface area is 174 Å². The minimum absolute atomic E-state index is 0.230. The van der Waals surface area contributed by atoms with Crippen molar-refractivity contribution in [1.82, 2.24) is 10.2 Å². The van der Waals surface area contributed by atoms with E-state index in [9.17, 15) is 14.4 Å². The van der Waals surface area contributed by atoms with Gasteiger partial charge in [0, 0.05) is 18.7 Å². The Morgan fingerprint density at radius 3 is 2.27 bits per heavy atom. The zero-order valence-electron chi connectivity index (χ0n) is 16.5. The molecule has 8 nitrogen and oxygen atoms in total. The summed E-state index contributed by atoms with van der Waals surface area (Å²) in [6.07, 6.45) is -1.07. The van der Waals surface area contributed by atoms with Crippen LogP contribution in [0.2, 0.25) is 0 Å². The summed E-state index contributed by atoms with van der Waals surface area (Å²) in [5.41, 5.74) is 0.570. The molecule has 0 bridgehead atoms. The van der Waals surface area contributed by atoms with Gasteiger partial charge in [-0.2, -0.15) is 0 Å². The number of nitrogens with one attached hydrogen (secondary N) is 1. The highest BCUT2D eigenvalue weighted by Gasteiger charge is 2.30. The quantitative estimate of drug-likeness (QED) is 0.658. The van der Waals surface area contributed by atoms with Crippen LogP contribution in [0.1, 0.15) is 11.7 Å². The first-order chi connectivity index (χ1) is 14.6. The van der Waals surface area contributed by atoms with Crippen LogP contribution in [-0.2, 0) is 23.9 Å². The summed E-state index contributed by atoms with van der Waals surface area (Å²) in [5.74, 6) is -0.933. The Morgan fingerprint density at radius 2 is 1.60 bits per heavy atom. The molecule has 30 heavy (non-hydrogen) atoms. The SMILES string of the molecule is O=C(COc1ccccc1)NCC(=O)O[C@H](C(=O)N1CCOCC1)c1ccccc1. The summed E-state index contributed by atoms with van der Waals surface area (Å²) in [7, 11) is 0. The average molecular weight is 412 g/mol. The number of carbonyl (C=O) groups excluding carboxylic acids is 3. The van der Waals surface area contributed by atoms with Crippen LogP contribution in [0, 0.1) is 0 Å². The topological polar surface area (TPSA) is 94.2 Å². The molecule has 1 aliphatic heterocycles. The molecule has 0 radical (unpaired) electrons. The summed E-state index contributed by atoms with van der Waals surface area (Å²) in [4.78, 5) is 38.8.